The summed E-state index contributed by atoms with van der Waals surface area (Å²) in [5, 5.41) is 4.74. The highest BCUT2D eigenvalue weighted by molar-refractivity contribution is 7.11. The molecule has 2 N–H and O–H groups in total. The Morgan fingerprint density at radius 3 is 2.70 bits per heavy atom. The number of benzene rings is 1. The lowest BCUT2D eigenvalue weighted by Gasteiger charge is -2.09. The molecule has 2 aromatic rings. The molecule has 2 rings (SSSR count). The number of anilines is 1. The van der Waals surface area contributed by atoms with Crippen molar-refractivity contribution < 1.29 is 9.63 Å². The molecule has 1 aromatic heterocycles. The fourth-order valence-electron chi connectivity index (χ4n) is 1.58. The summed E-state index contributed by atoms with van der Waals surface area (Å²) >= 11 is 1.61. The van der Waals surface area contributed by atoms with Crippen LogP contribution in [-0.2, 0) is 9.63 Å². The van der Waals surface area contributed by atoms with Gasteiger partial charge in [0.25, 0.3) is 5.91 Å². The minimum atomic E-state index is -0.203. The molecule has 0 atom stereocenters. The number of hydrogen-bond donors (Lipinski definition) is 2. The van der Waals surface area contributed by atoms with Gasteiger partial charge in [-0.25, -0.2) is 0 Å². The topological polar surface area (TPSA) is 50.4 Å². The number of carbonyl (C=O) groups excluding carboxylic acids is 1. The van der Waals surface area contributed by atoms with Crippen molar-refractivity contribution in [1.82, 2.24) is 5.48 Å². The lowest BCUT2D eigenvalue weighted by atomic mass is 10.3. The second kappa shape index (κ2) is 7.47. The van der Waals surface area contributed by atoms with Gasteiger partial charge >= 0.3 is 0 Å². The van der Waals surface area contributed by atoms with Gasteiger partial charge in [0.2, 0.25) is 0 Å². The van der Waals surface area contributed by atoms with E-state index in [2.05, 4.69) is 10.8 Å². The van der Waals surface area contributed by atoms with Crippen molar-refractivity contribution >= 4 is 28.6 Å². The predicted octanol–water partition coefficient (Wildman–Crippen LogP) is 3.27. The summed E-state index contributed by atoms with van der Waals surface area (Å²) in [6.45, 7) is 1.85. The Hall–Kier alpha value is -2.11. The van der Waals surface area contributed by atoms with E-state index >= 15 is 0 Å². The van der Waals surface area contributed by atoms with E-state index in [4.69, 9.17) is 4.84 Å². The van der Waals surface area contributed by atoms with Crippen molar-refractivity contribution in [2.75, 3.05) is 11.9 Å². The smallest absolute Gasteiger partial charge is 0.253 e. The Balaban J connectivity index is 1.77. The molecule has 0 spiro atoms. The standard InChI is InChI=1S/C15H16N2O2S/c1-2-13(14-9-6-10-20-14)17-19-11-15(18)16-12-7-4-3-5-8-12/h2-10,17H,11H2,1H3,(H,16,18). The summed E-state index contributed by atoms with van der Waals surface area (Å²) < 4.78 is 0. The molecule has 1 heterocycles. The largest absolute Gasteiger partial charge is 0.324 e. The molecule has 1 amide bonds. The Morgan fingerprint density at radius 1 is 1.25 bits per heavy atom. The summed E-state index contributed by atoms with van der Waals surface area (Å²) in [5.41, 5.74) is 4.41. The summed E-state index contributed by atoms with van der Waals surface area (Å²) in [6, 6.07) is 13.2. The summed E-state index contributed by atoms with van der Waals surface area (Å²) in [7, 11) is 0. The van der Waals surface area contributed by atoms with Crippen LogP contribution in [0.3, 0.4) is 0 Å². The van der Waals surface area contributed by atoms with Gasteiger partial charge in [-0.15, -0.1) is 11.3 Å². The van der Waals surface area contributed by atoms with Gasteiger partial charge in [0, 0.05) is 5.69 Å². The quantitative estimate of drug-likeness (QED) is 0.802. The highest BCUT2D eigenvalue weighted by Crippen LogP contribution is 2.17. The number of hydrogen-bond acceptors (Lipinski definition) is 4. The zero-order chi connectivity index (χ0) is 14.2. The van der Waals surface area contributed by atoms with E-state index in [0.29, 0.717) is 0 Å². The zero-order valence-corrected chi connectivity index (χ0v) is 11.9. The van der Waals surface area contributed by atoms with Crippen LogP contribution in [0, 0.1) is 0 Å². The average molecular weight is 288 g/mol. The highest BCUT2D eigenvalue weighted by atomic mass is 32.1. The number of amides is 1. The monoisotopic (exact) mass is 288 g/mol. The van der Waals surface area contributed by atoms with E-state index < -0.39 is 0 Å². The first-order valence-electron chi connectivity index (χ1n) is 6.22. The lowest BCUT2D eigenvalue weighted by molar-refractivity contribution is -0.122. The van der Waals surface area contributed by atoms with Crippen LogP contribution in [0.4, 0.5) is 5.69 Å². The average Bonchev–Trinajstić information content (AvgIpc) is 2.99. The minimum Gasteiger partial charge on any atom is -0.324 e. The molecule has 0 unspecified atom stereocenters. The van der Waals surface area contributed by atoms with Crippen molar-refractivity contribution in [2.24, 2.45) is 0 Å². The van der Waals surface area contributed by atoms with Crippen molar-refractivity contribution in [1.29, 1.82) is 0 Å². The number of thiophene rings is 1. The van der Waals surface area contributed by atoms with Crippen LogP contribution in [0.5, 0.6) is 0 Å². The molecular formula is C15H16N2O2S. The lowest BCUT2D eigenvalue weighted by Crippen LogP contribution is -2.23. The third-order valence-electron chi connectivity index (χ3n) is 2.52. The van der Waals surface area contributed by atoms with E-state index in [1.165, 1.54) is 0 Å². The van der Waals surface area contributed by atoms with Crippen LogP contribution in [0.15, 0.2) is 53.9 Å². The van der Waals surface area contributed by atoms with E-state index in [0.717, 1.165) is 16.3 Å². The molecule has 0 saturated carbocycles. The van der Waals surface area contributed by atoms with Crippen LogP contribution in [0.2, 0.25) is 0 Å². The third-order valence-corrected chi connectivity index (χ3v) is 3.42. The zero-order valence-electron chi connectivity index (χ0n) is 11.1. The first-order chi connectivity index (χ1) is 9.79. The van der Waals surface area contributed by atoms with Gasteiger partial charge in [0.15, 0.2) is 6.61 Å². The van der Waals surface area contributed by atoms with E-state index in [-0.39, 0.29) is 12.5 Å². The molecule has 0 radical (unpaired) electrons. The molecule has 0 fully saturated rings. The van der Waals surface area contributed by atoms with Crippen molar-refractivity contribution in [2.45, 2.75) is 6.92 Å². The SMILES string of the molecule is CC=C(NOCC(=O)Nc1ccccc1)c1cccs1. The first-order valence-corrected chi connectivity index (χ1v) is 7.10. The predicted molar refractivity (Wildman–Crippen MR) is 82.1 cm³/mol. The molecule has 104 valence electrons. The molecule has 0 aliphatic heterocycles. The van der Waals surface area contributed by atoms with Crippen LogP contribution in [0.25, 0.3) is 5.70 Å². The summed E-state index contributed by atoms with van der Waals surface area (Å²) in [5.74, 6) is -0.203. The minimum absolute atomic E-state index is 0.0579. The second-order valence-corrected chi connectivity index (χ2v) is 4.93. The summed E-state index contributed by atoms with van der Waals surface area (Å²) in [4.78, 5) is 18.0. The number of allylic oxidation sites excluding steroid dienone is 1. The number of carbonyl (C=O) groups is 1. The molecule has 5 heteroatoms. The Labute approximate surface area is 122 Å². The van der Waals surface area contributed by atoms with Crippen molar-refractivity contribution in [3.63, 3.8) is 0 Å². The van der Waals surface area contributed by atoms with E-state index in [9.17, 15) is 4.79 Å². The van der Waals surface area contributed by atoms with Gasteiger partial charge < -0.3 is 5.32 Å². The van der Waals surface area contributed by atoms with Crippen molar-refractivity contribution in [3.8, 4) is 0 Å². The van der Waals surface area contributed by atoms with E-state index in [1.54, 1.807) is 11.3 Å². The van der Waals surface area contributed by atoms with Gasteiger partial charge in [-0.1, -0.05) is 30.3 Å². The summed E-state index contributed by atoms with van der Waals surface area (Å²) in [6.07, 6.45) is 1.90. The molecule has 0 saturated heterocycles. The van der Waals surface area contributed by atoms with Crippen LogP contribution in [-0.4, -0.2) is 12.5 Å². The van der Waals surface area contributed by atoms with Crippen LogP contribution < -0.4 is 10.8 Å². The van der Waals surface area contributed by atoms with Gasteiger partial charge in [-0.05, 0) is 30.5 Å². The van der Waals surface area contributed by atoms with Gasteiger partial charge in [-0.3, -0.25) is 15.1 Å². The molecule has 4 nitrogen and oxygen atoms in total. The second-order valence-electron chi connectivity index (χ2n) is 3.98. The molecule has 0 aliphatic carbocycles. The Kier molecular flexibility index (Phi) is 5.34. The van der Waals surface area contributed by atoms with Crippen LogP contribution in [0.1, 0.15) is 11.8 Å². The van der Waals surface area contributed by atoms with Gasteiger partial charge in [0.05, 0.1) is 10.6 Å². The molecular weight excluding hydrogens is 272 g/mol. The number of nitrogens with one attached hydrogen (secondary N) is 2. The molecule has 20 heavy (non-hydrogen) atoms. The maximum atomic E-state index is 11.7. The fourth-order valence-corrected chi connectivity index (χ4v) is 2.33. The highest BCUT2D eigenvalue weighted by Gasteiger charge is 2.05. The van der Waals surface area contributed by atoms with Crippen LogP contribution >= 0.6 is 11.3 Å². The molecule has 1 aromatic carbocycles. The fraction of sp³-hybridized carbons (Fsp3) is 0.133. The molecule has 0 aliphatic rings. The normalized spacial score (nSPS) is 11.2. The van der Waals surface area contributed by atoms with Gasteiger partial charge in [0.1, 0.15) is 0 Å². The number of para-hydroxylation sites is 1. The third kappa shape index (κ3) is 4.22. The number of rotatable bonds is 6. The Bertz CT molecular complexity index is 565. The Morgan fingerprint density at radius 2 is 2.05 bits per heavy atom. The first kappa shape index (κ1) is 14.3. The molecule has 0 bridgehead atoms. The van der Waals surface area contributed by atoms with E-state index in [1.807, 2.05) is 60.8 Å². The number of hydroxylamine groups is 1. The maximum Gasteiger partial charge on any atom is 0.253 e. The maximum absolute atomic E-state index is 11.7. The van der Waals surface area contributed by atoms with Gasteiger partial charge in [-0.2, -0.15) is 0 Å². The van der Waals surface area contributed by atoms with Crippen molar-refractivity contribution in [3.05, 3.63) is 58.8 Å².